The molecule has 1 heterocycles. The fraction of sp³-hybridized carbons (Fsp3) is 0.143. The van der Waals surface area contributed by atoms with Crippen LogP contribution in [0.5, 0.6) is 5.75 Å². The Hall–Kier alpha value is -1.90. The number of carbonyl (C=O) groups excluding carboxylic acids is 2. The van der Waals surface area contributed by atoms with E-state index in [-0.39, 0.29) is 17.7 Å². The van der Waals surface area contributed by atoms with Gasteiger partial charge in [-0.1, -0.05) is 23.6 Å². The predicted octanol–water partition coefficient (Wildman–Crippen LogP) is 3.02. The highest BCUT2D eigenvalue weighted by atomic mass is 35.5. The number of imide groups is 1. The van der Waals surface area contributed by atoms with Crippen molar-refractivity contribution >= 4 is 40.6 Å². The normalized spacial score (nSPS) is 16.6. The van der Waals surface area contributed by atoms with E-state index in [0.717, 1.165) is 16.7 Å². The fourth-order valence-corrected chi connectivity index (χ4v) is 2.76. The third-order valence-electron chi connectivity index (χ3n) is 2.60. The van der Waals surface area contributed by atoms with Crippen molar-refractivity contribution in [3.05, 3.63) is 33.7 Å². The molecule has 0 unspecified atom stereocenters. The standard InChI is InChI=1S/C14H10ClNO3S/c1-3-6-16-13(17)12(20-14(16)18)8-9-4-5-11(19-2)10(15)7-9/h1,4-5,7-8H,6H2,2H3/b12-8+. The maximum Gasteiger partial charge on any atom is 0.294 e. The highest BCUT2D eigenvalue weighted by molar-refractivity contribution is 8.18. The summed E-state index contributed by atoms with van der Waals surface area (Å²) in [6.45, 7) is -0.0224. The van der Waals surface area contributed by atoms with Crippen LogP contribution >= 0.6 is 23.4 Å². The van der Waals surface area contributed by atoms with E-state index in [9.17, 15) is 9.59 Å². The average Bonchev–Trinajstić information content (AvgIpc) is 2.67. The van der Waals surface area contributed by atoms with Crippen LogP contribution in [0.1, 0.15) is 5.56 Å². The summed E-state index contributed by atoms with van der Waals surface area (Å²) < 4.78 is 5.05. The molecule has 102 valence electrons. The molecule has 0 saturated carbocycles. The van der Waals surface area contributed by atoms with Gasteiger partial charge < -0.3 is 4.74 Å². The Morgan fingerprint density at radius 2 is 2.25 bits per heavy atom. The first-order valence-corrected chi connectivity index (χ1v) is 6.78. The molecule has 1 saturated heterocycles. The quantitative estimate of drug-likeness (QED) is 0.636. The van der Waals surface area contributed by atoms with Crippen molar-refractivity contribution < 1.29 is 14.3 Å². The molecule has 1 aromatic rings. The van der Waals surface area contributed by atoms with Crippen molar-refractivity contribution in [3.63, 3.8) is 0 Å². The Kier molecular flexibility index (Phi) is 4.38. The van der Waals surface area contributed by atoms with E-state index in [1.807, 2.05) is 0 Å². The van der Waals surface area contributed by atoms with Crippen LogP contribution in [-0.2, 0) is 4.79 Å². The lowest BCUT2D eigenvalue weighted by Gasteiger charge is -2.06. The third kappa shape index (κ3) is 2.82. The first kappa shape index (κ1) is 14.5. The minimum absolute atomic E-state index is 0.0224. The highest BCUT2D eigenvalue weighted by Crippen LogP contribution is 2.33. The molecule has 1 aliphatic rings. The number of amides is 2. The Morgan fingerprint density at radius 3 is 2.85 bits per heavy atom. The van der Waals surface area contributed by atoms with Gasteiger partial charge in [0.25, 0.3) is 11.1 Å². The Labute approximate surface area is 125 Å². The predicted molar refractivity (Wildman–Crippen MR) is 79.5 cm³/mol. The molecular formula is C14H10ClNO3S. The number of hydrogen-bond acceptors (Lipinski definition) is 4. The molecule has 0 aromatic heterocycles. The summed E-state index contributed by atoms with van der Waals surface area (Å²) in [4.78, 5) is 25.0. The molecular weight excluding hydrogens is 298 g/mol. The van der Waals surface area contributed by atoms with Gasteiger partial charge in [0.05, 0.1) is 23.6 Å². The van der Waals surface area contributed by atoms with Crippen molar-refractivity contribution in [2.24, 2.45) is 0 Å². The van der Waals surface area contributed by atoms with Gasteiger partial charge in [0.2, 0.25) is 0 Å². The number of rotatable bonds is 3. The number of halogens is 1. The fourth-order valence-electron chi connectivity index (χ4n) is 1.65. The van der Waals surface area contributed by atoms with Gasteiger partial charge in [-0.15, -0.1) is 6.42 Å². The number of thioether (sulfide) groups is 1. The molecule has 0 bridgehead atoms. The zero-order valence-electron chi connectivity index (χ0n) is 10.6. The number of methoxy groups -OCH3 is 1. The van der Waals surface area contributed by atoms with Crippen LogP contribution in [0, 0.1) is 12.3 Å². The summed E-state index contributed by atoms with van der Waals surface area (Å²) in [6.07, 6.45) is 6.73. The van der Waals surface area contributed by atoms with Crippen LogP contribution in [0.25, 0.3) is 6.08 Å². The smallest absolute Gasteiger partial charge is 0.294 e. The molecule has 1 aromatic carbocycles. The van der Waals surface area contributed by atoms with E-state index in [4.69, 9.17) is 22.8 Å². The van der Waals surface area contributed by atoms with Gasteiger partial charge in [0.1, 0.15) is 5.75 Å². The largest absolute Gasteiger partial charge is 0.495 e. The molecule has 0 atom stereocenters. The van der Waals surface area contributed by atoms with Gasteiger partial charge in [-0.3, -0.25) is 14.5 Å². The Morgan fingerprint density at radius 1 is 1.50 bits per heavy atom. The third-order valence-corrected chi connectivity index (χ3v) is 3.80. The molecule has 0 aliphatic carbocycles. The van der Waals surface area contributed by atoms with Crippen LogP contribution in [0.2, 0.25) is 5.02 Å². The van der Waals surface area contributed by atoms with Crippen LogP contribution < -0.4 is 4.74 Å². The van der Waals surface area contributed by atoms with Gasteiger partial charge in [0, 0.05) is 0 Å². The minimum atomic E-state index is -0.384. The number of carbonyl (C=O) groups is 2. The van der Waals surface area contributed by atoms with E-state index in [1.54, 1.807) is 24.3 Å². The van der Waals surface area contributed by atoms with Crippen LogP contribution in [0.3, 0.4) is 0 Å². The van der Waals surface area contributed by atoms with E-state index >= 15 is 0 Å². The van der Waals surface area contributed by atoms with Crippen LogP contribution in [0.15, 0.2) is 23.1 Å². The second kappa shape index (κ2) is 6.04. The molecule has 0 radical (unpaired) electrons. The zero-order chi connectivity index (χ0) is 14.7. The maximum absolute atomic E-state index is 12.0. The van der Waals surface area contributed by atoms with Crippen molar-refractivity contribution in [3.8, 4) is 18.1 Å². The van der Waals surface area contributed by atoms with E-state index in [0.29, 0.717) is 21.2 Å². The molecule has 20 heavy (non-hydrogen) atoms. The molecule has 1 aliphatic heterocycles. The lowest BCUT2D eigenvalue weighted by molar-refractivity contribution is -0.122. The summed E-state index contributed by atoms with van der Waals surface area (Å²) in [6, 6.07) is 5.11. The van der Waals surface area contributed by atoms with Crippen molar-refractivity contribution in [1.29, 1.82) is 0 Å². The highest BCUT2D eigenvalue weighted by Gasteiger charge is 2.34. The number of nitrogens with zero attached hydrogens (tertiary/aromatic N) is 1. The van der Waals surface area contributed by atoms with Gasteiger partial charge >= 0.3 is 0 Å². The Balaban J connectivity index is 2.28. The lowest BCUT2D eigenvalue weighted by atomic mass is 10.2. The van der Waals surface area contributed by atoms with Crippen molar-refractivity contribution in [2.45, 2.75) is 0 Å². The molecule has 6 heteroatoms. The van der Waals surface area contributed by atoms with Crippen LogP contribution in [0.4, 0.5) is 4.79 Å². The average molecular weight is 308 g/mol. The molecule has 2 rings (SSSR count). The summed E-state index contributed by atoms with van der Waals surface area (Å²) in [5.41, 5.74) is 0.710. The number of hydrogen-bond donors (Lipinski definition) is 0. The number of terminal acetylenes is 1. The monoisotopic (exact) mass is 307 g/mol. The summed E-state index contributed by atoms with van der Waals surface area (Å²) in [5, 5.41) is 0.0721. The molecule has 0 spiro atoms. The van der Waals surface area contributed by atoms with E-state index in [2.05, 4.69) is 5.92 Å². The van der Waals surface area contributed by atoms with Crippen molar-refractivity contribution in [2.75, 3.05) is 13.7 Å². The van der Waals surface area contributed by atoms with Gasteiger partial charge in [-0.25, -0.2) is 0 Å². The molecule has 0 N–H and O–H groups in total. The SMILES string of the molecule is C#CCN1C(=O)S/C(=C/c2ccc(OC)c(Cl)c2)C1=O. The first-order valence-electron chi connectivity index (χ1n) is 5.59. The summed E-state index contributed by atoms with van der Waals surface area (Å²) in [7, 11) is 1.52. The van der Waals surface area contributed by atoms with Gasteiger partial charge in [-0.05, 0) is 35.5 Å². The molecule has 4 nitrogen and oxygen atoms in total. The lowest BCUT2D eigenvalue weighted by Crippen LogP contribution is -2.28. The number of benzene rings is 1. The summed E-state index contributed by atoms with van der Waals surface area (Å²) >= 11 is 6.87. The van der Waals surface area contributed by atoms with E-state index < -0.39 is 0 Å². The first-order chi connectivity index (χ1) is 9.56. The van der Waals surface area contributed by atoms with Crippen LogP contribution in [-0.4, -0.2) is 29.7 Å². The summed E-state index contributed by atoms with van der Waals surface area (Å²) in [5.74, 6) is 2.45. The molecule has 2 amide bonds. The number of ether oxygens (including phenoxy) is 1. The maximum atomic E-state index is 12.0. The molecule has 1 fully saturated rings. The second-order valence-electron chi connectivity index (χ2n) is 3.87. The zero-order valence-corrected chi connectivity index (χ0v) is 12.1. The van der Waals surface area contributed by atoms with E-state index in [1.165, 1.54) is 7.11 Å². The second-order valence-corrected chi connectivity index (χ2v) is 5.27. The minimum Gasteiger partial charge on any atom is -0.495 e. The Bertz CT molecular complexity index is 648. The van der Waals surface area contributed by atoms with Crippen molar-refractivity contribution in [1.82, 2.24) is 4.90 Å². The topological polar surface area (TPSA) is 46.6 Å². The van der Waals surface area contributed by atoms with Gasteiger partial charge in [0.15, 0.2) is 0 Å². The van der Waals surface area contributed by atoms with Gasteiger partial charge in [-0.2, -0.15) is 0 Å².